The van der Waals surface area contributed by atoms with Crippen LogP contribution in [-0.2, 0) is 0 Å². The highest BCUT2D eigenvalue weighted by Gasteiger charge is 2.20. The van der Waals surface area contributed by atoms with Crippen molar-refractivity contribution >= 4 is 34.0 Å². The van der Waals surface area contributed by atoms with Gasteiger partial charge in [0.15, 0.2) is 0 Å². The maximum atomic E-state index is 13.3. The van der Waals surface area contributed by atoms with E-state index in [9.17, 15) is 4.79 Å². The second-order valence-corrected chi connectivity index (χ2v) is 8.41. The summed E-state index contributed by atoms with van der Waals surface area (Å²) in [5.74, 6) is -0.278. The molecular formula is C21H17N7O2S. The Morgan fingerprint density at radius 3 is 2.74 bits per heavy atom. The van der Waals surface area contributed by atoms with Crippen molar-refractivity contribution in [2.24, 2.45) is 0 Å². The highest BCUT2D eigenvalue weighted by Crippen LogP contribution is 2.31. The molecule has 154 valence electrons. The number of hydrogen-bond acceptors (Lipinski definition) is 8. The van der Waals surface area contributed by atoms with Crippen LogP contribution >= 0.6 is 11.3 Å². The van der Waals surface area contributed by atoms with Gasteiger partial charge >= 0.3 is 0 Å². The number of tetrazole rings is 1. The number of nitrogens with one attached hydrogen (secondary N) is 1. The Bertz CT molecular complexity index is 1420. The molecule has 0 saturated carbocycles. The Balaban J connectivity index is 1.56. The van der Waals surface area contributed by atoms with Crippen molar-refractivity contribution in [2.75, 3.05) is 5.32 Å². The smallest absolute Gasteiger partial charge is 0.259 e. The molecule has 0 radical (unpaired) electrons. The van der Waals surface area contributed by atoms with Gasteiger partial charge in [0, 0.05) is 10.6 Å². The lowest BCUT2D eigenvalue weighted by molar-refractivity contribution is 0.102. The van der Waals surface area contributed by atoms with E-state index in [2.05, 4.69) is 31.0 Å². The molecule has 5 aromatic rings. The SMILES string of the molecule is Cc1ccc(-c2cc(C(=O)Nc3ccc(C)c(-n4cnnn4)c3)c3c(C)noc3n2)s1. The lowest BCUT2D eigenvalue weighted by Gasteiger charge is -2.10. The van der Waals surface area contributed by atoms with Crippen molar-refractivity contribution in [3.63, 3.8) is 0 Å². The third kappa shape index (κ3) is 3.46. The van der Waals surface area contributed by atoms with Crippen molar-refractivity contribution < 1.29 is 9.32 Å². The largest absolute Gasteiger partial charge is 0.335 e. The van der Waals surface area contributed by atoms with E-state index in [1.54, 1.807) is 29.0 Å². The molecule has 0 saturated heterocycles. The van der Waals surface area contributed by atoms with Gasteiger partial charge < -0.3 is 9.84 Å². The van der Waals surface area contributed by atoms with E-state index in [-0.39, 0.29) is 5.91 Å². The van der Waals surface area contributed by atoms with Crippen LogP contribution in [0.4, 0.5) is 5.69 Å². The van der Waals surface area contributed by atoms with E-state index in [1.807, 2.05) is 44.2 Å². The zero-order chi connectivity index (χ0) is 21.5. The average Bonchev–Trinajstić information content (AvgIpc) is 3.51. The van der Waals surface area contributed by atoms with Crippen molar-refractivity contribution in [2.45, 2.75) is 20.8 Å². The van der Waals surface area contributed by atoms with Gasteiger partial charge in [-0.25, -0.2) is 9.67 Å². The van der Waals surface area contributed by atoms with Crippen LogP contribution in [0.5, 0.6) is 0 Å². The predicted molar refractivity (Wildman–Crippen MR) is 116 cm³/mol. The number of rotatable bonds is 4. The molecule has 10 heteroatoms. The summed E-state index contributed by atoms with van der Waals surface area (Å²) in [6, 6.07) is 11.3. The number of anilines is 1. The number of benzene rings is 1. The lowest BCUT2D eigenvalue weighted by Crippen LogP contribution is -2.13. The van der Waals surface area contributed by atoms with Crippen molar-refractivity contribution in [1.29, 1.82) is 0 Å². The molecule has 0 aliphatic rings. The highest BCUT2D eigenvalue weighted by molar-refractivity contribution is 7.15. The number of carbonyl (C=O) groups excluding carboxylic acids is 1. The van der Waals surface area contributed by atoms with Crippen molar-refractivity contribution in [3.8, 4) is 16.3 Å². The highest BCUT2D eigenvalue weighted by atomic mass is 32.1. The number of nitrogens with zero attached hydrogens (tertiary/aromatic N) is 6. The van der Waals surface area contributed by atoms with E-state index in [4.69, 9.17) is 4.52 Å². The molecule has 0 fully saturated rings. The fourth-order valence-corrected chi connectivity index (χ4v) is 4.20. The first-order chi connectivity index (χ1) is 15.0. The van der Waals surface area contributed by atoms with Gasteiger partial charge in [-0.05, 0) is 67.1 Å². The second-order valence-electron chi connectivity index (χ2n) is 7.12. The molecule has 0 spiro atoms. The predicted octanol–water partition coefficient (Wildman–Crippen LogP) is 4.10. The van der Waals surface area contributed by atoms with Gasteiger partial charge in [-0.2, -0.15) is 0 Å². The summed E-state index contributed by atoms with van der Waals surface area (Å²) in [4.78, 5) is 20.0. The van der Waals surface area contributed by atoms with Crippen LogP contribution in [0.2, 0.25) is 0 Å². The standard InChI is InChI=1S/C21H17N7O2S/c1-11-4-6-14(8-17(11)28-10-22-26-27-28)23-20(29)15-9-16(18-7-5-12(2)31-18)24-21-19(15)13(3)25-30-21/h4-10H,1-3H3,(H,23,29). The number of hydrogen-bond donors (Lipinski definition) is 1. The lowest BCUT2D eigenvalue weighted by atomic mass is 10.1. The topological polar surface area (TPSA) is 112 Å². The number of thiophene rings is 1. The van der Waals surface area contributed by atoms with Crippen LogP contribution < -0.4 is 5.32 Å². The molecule has 9 nitrogen and oxygen atoms in total. The second kappa shape index (κ2) is 7.40. The van der Waals surface area contributed by atoms with Crippen LogP contribution in [0.3, 0.4) is 0 Å². The molecule has 0 bridgehead atoms. The van der Waals surface area contributed by atoms with E-state index in [0.29, 0.717) is 33.7 Å². The molecular weight excluding hydrogens is 414 g/mol. The number of pyridine rings is 1. The molecule has 4 heterocycles. The Morgan fingerprint density at radius 2 is 2.00 bits per heavy atom. The zero-order valence-electron chi connectivity index (χ0n) is 16.9. The van der Waals surface area contributed by atoms with Gasteiger partial charge in [0.05, 0.1) is 32.9 Å². The van der Waals surface area contributed by atoms with E-state index < -0.39 is 0 Å². The molecule has 1 amide bonds. The Morgan fingerprint density at radius 1 is 1.13 bits per heavy atom. The first-order valence-electron chi connectivity index (χ1n) is 9.49. The average molecular weight is 431 g/mol. The van der Waals surface area contributed by atoms with E-state index in [0.717, 1.165) is 21.0 Å². The summed E-state index contributed by atoms with van der Waals surface area (Å²) in [5, 5.41) is 18.9. The van der Waals surface area contributed by atoms with Crippen LogP contribution in [0, 0.1) is 20.8 Å². The molecule has 4 aromatic heterocycles. The first-order valence-corrected chi connectivity index (χ1v) is 10.3. The summed E-state index contributed by atoms with van der Waals surface area (Å²) in [7, 11) is 0. The van der Waals surface area contributed by atoms with Gasteiger partial charge in [0.25, 0.3) is 11.6 Å². The molecule has 0 atom stereocenters. The first kappa shape index (κ1) is 19.1. The molecule has 0 aliphatic carbocycles. The Labute approximate surface area is 180 Å². The normalized spacial score (nSPS) is 11.2. The fraction of sp³-hybridized carbons (Fsp3) is 0.143. The van der Waals surface area contributed by atoms with Crippen LogP contribution in [-0.4, -0.2) is 36.3 Å². The maximum Gasteiger partial charge on any atom is 0.259 e. The number of carbonyl (C=O) groups is 1. The summed E-state index contributed by atoms with van der Waals surface area (Å²) in [5.41, 5.74) is 4.44. The fourth-order valence-electron chi connectivity index (χ4n) is 3.38. The molecule has 1 aromatic carbocycles. The Kier molecular flexibility index (Phi) is 4.55. The molecule has 31 heavy (non-hydrogen) atoms. The maximum absolute atomic E-state index is 13.3. The monoisotopic (exact) mass is 431 g/mol. The minimum atomic E-state index is -0.278. The van der Waals surface area contributed by atoms with Gasteiger partial charge in [0.1, 0.15) is 6.33 Å². The summed E-state index contributed by atoms with van der Waals surface area (Å²) < 4.78 is 6.93. The number of amides is 1. The third-order valence-corrected chi connectivity index (χ3v) is 5.94. The molecule has 0 unspecified atom stereocenters. The zero-order valence-corrected chi connectivity index (χ0v) is 17.8. The van der Waals surface area contributed by atoms with Crippen LogP contribution in [0.15, 0.2) is 47.2 Å². The van der Waals surface area contributed by atoms with Crippen LogP contribution in [0.25, 0.3) is 27.4 Å². The minimum absolute atomic E-state index is 0.278. The minimum Gasteiger partial charge on any atom is -0.335 e. The van der Waals surface area contributed by atoms with Gasteiger partial charge in [-0.15, -0.1) is 16.4 Å². The number of aryl methyl sites for hydroxylation is 3. The number of aromatic nitrogens is 6. The third-order valence-electron chi connectivity index (χ3n) is 4.92. The molecule has 1 N–H and O–H groups in total. The molecule has 0 aliphatic heterocycles. The quantitative estimate of drug-likeness (QED) is 0.456. The summed E-state index contributed by atoms with van der Waals surface area (Å²) >= 11 is 1.60. The number of fused-ring (bicyclic) bond motifs is 1. The van der Waals surface area contributed by atoms with Crippen molar-refractivity contribution in [1.82, 2.24) is 30.3 Å². The molecule has 5 rings (SSSR count). The summed E-state index contributed by atoms with van der Waals surface area (Å²) in [6.45, 7) is 5.77. The van der Waals surface area contributed by atoms with Gasteiger partial charge in [-0.1, -0.05) is 11.2 Å². The van der Waals surface area contributed by atoms with Crippen LogP contribution in [0.1, 0.15) is 26.5 Å². The van der Waals surface area contributed by atoms with Gasteiger partial charge in [-0.3, -0.25) is 4.79 Å². The van der Waals surface area contributed by atoms with E-state index in [1.165, 1.54) is 6.33 Å². The Hall–Kier alpha value is -3.92. The summed E-state index contributed by atoms with van der Waals surface area (Å²) in [6.07, 6.45) is 1.51. The van der Waals surface area contributed by atoms with E-state index >= 15 is 0 Å². The van der Waals surface area contributed by atoms with Crippen molar-refractivity contribution in [3.05, 3.63) is 64.4 Å². The van der Waals surface area contributed by atoms with Gasteiger partial charge in [0.2, 0.25) is 0 Å².